The first kappa shape index (κ1) is 18.7. The van der Waals surface area contributed by atoms with E-state index in [4.69, 9.17) is 33.3 Å². The molecule has 6 nitrogen and oxygen atoms in total. The van der Waals surface area contributed by atoms with Crippen LogP contribution in [-0.2, 0) is 9.53 Å². The predicted octanol–water partition coefficient (Wildman–Crippen LogP) is 1.92. The van der Waals surface area contributed by atoms with Crippen molar-refractivity contribution >= 4 is 34.8 Å². The number of rotatable bonds is 5. The standard InChI is InChI=1S/C15H19ClFN3O3S/c1-9(23-13-5-4-10(17)7-12(13)16)14(21)19-20-15(24)18-8-11-3-2-6-22-11/h4-5,7,9,11H,2-3,6,8H2,1H3,(H,19,21)(H2,18,20,24)/t9-,11-/m0/s1. The van der Waals surface area contributed by atoms with Crippen LogP contribution in [0.15, 0.2) is 18.2 Å². The zero-order chi connectivity index (χ0) is 17.5. The van der Waals surface area contributed by atoms with Gasteiger partial charge in [-0.05, 0) is 50.2 Å². The number of carbonyl (C=O) groups is 1. The number of ether oxygens (including phenoxy) is 2. The minimum absolute atomic E-state index is 0.0939. The maximum absolute atomic E-state index is 13.0. The molecule has 1 saturated heterocycles. The van der Waals surface area contributed by atoms with Crippen molar-refractivity contribution in [3.63, 3.8) is 0 Å². The highest BCUT2D eigenvalue weighted by Crippen LogP contribution is 2.25. The second-order valence-corrected chi connectivity index (χ2v) is 6.11. The van der Waals surface area contributed by atoms with E-state index in [-0.39, 0.29) is 22.0 Å². The molecule has 1 aliphatic rings. The van der Waals surface area contributed by atoms with E-state index in [1.54, 1.807) is 6.92 Å². The van der Waals surface area contributed by atoms with Crippen molar-refractivity contribution in [2.24, 2.45) is 0 Å². The quantitative estimate of drug-likeness (QED) is 0.539. The van der Waals surface area contributed by atoms with Crippen LogP contribution in [-0.4, -0.2) is 36.4 Å². The van der Waals surface area contributed by atoms with E-state index in [9.17, 15) is 9.18 Å². The number of nitrogens with one attached hydrogen (secondary N) is 3. The second kappa shape index (κ2) is 9.00. The van der Waals surface area contributed by atoms with Crippen LogP contribution in [0.4, 0.5) is 4.39 Å². The first-order valence-corrected chi connectivity index (χ1v) is 8.31. The average molecular weight is 376 g/mol. The van der Waals surface area contributed by atoms with E-state index in [0.29, 0.717) is 6.54 Å². The molecule has 1 heterocycles. The van der Waals surface area contributed by atoms with Gasteiger partial charge in [0.1, 0.15) is 11.6 Å². The van der Waals surface area contributed by atoms with Crippen LogP contribution in [0.2, 0.25) is 5.02 Å². The van der Waals surface area contributed by atoms with Crippen molar-refractivity contribution in [2.45, 2.75) is 32.0 Å². The van der Waals surface area contributed by atoms with Crippen LogP contribution in [0, 0.1) is 5.82 Å². The number of benzene rings is 1. The van der Waals surface area contributed by atoms with Crippen LogP contribution in [0.25, 0.3) is 0 Å². The Labute approximate surface area is 150 Å². The van der Waals surface area contributed by atoms with E-state index >= 15 is 0 Å². The van der Waals surface area contributed by atoms with Gasteiger partial charge in [-0.15, -0.1) is 0 Å². The van der Waals surface area contributed by atoms with Crippen molar-refractivity contribution in [1.82, 2.24) is 16.2 Å². The van der Waals surface area contributed by atoms with E-state index in [2.05, 4.69) is 16.2 Å². The van der Waals surface area contributed by atoms with Crippen molar-refractivity contribution in [1.29, 1.82) is 0 Å². The van der Waals surface area contributed by atoms with Crippen LogP contribution in [0.5, 0.6) is 5.75 Å². The van der Waals surface area contributed by atoms with Gasteiger partial charge >= 0.3 is 0 Å². The van der Waals surface area contributed by atoms with Gasteiger partial charge in [0.2, 0.25) is 0 Å². The lowest BCUT2D eigenvalue weighted by molar-refractivity contribution is -0.127. The lowest BCUT2D eigenvalue weighted by atomic mass is 10.2. The molecule has 0 aromatic heterocycles. The number of carbonyl (C=O) groups excluding carboxylic acids is 1. The monoisotopic (exact) mass is 375 g/mol. The largest absolute Gasteiger partial charge is 0.479 e. The summed E-state index contributed by atoms with van der Waals surface area (Å²) in [5, 5.41) is 3.34. The Morgan fingerprint density at radius 1 is 1.54 bits per heavy atom. The Hall–Kier alpha value is -1.64. The van der Waals surface area contributed by atoms with E-state index < -0.39 is 17.8 Å². The SMILES string of the molecule is C[C@H](Oc1ccc(F)cc1Cl)C(=O)NNC(=S)NC[C@@H]1CCCO1. The highest BCUT2D eigenvalue weighted by atomic mass is 35.5. The molecule has 1 amide bonds. The summed E-state index contributed by atoms with van der Waals surface area (Å²) in [4.78, 5) is 12.0. The number of thiocarbonyl (C=S) groups is 1. The van der Waals surface area contributed by atoms with Gasteiger partial charge in [-0.3, -0.25) is 15.6 Å². The summed E-state index contributed by atoms with van der Waals surface area (Å²) in [5.41, 5.74) is 5.02. The number of halogens is 2. The van der Waals surface area contributed by atoms with Gasteiger partial charge < -0.3 is 14.8 Å². The third-order valence-corrected chi connectivity index (χ3v) is 3.92. The van der Waals surface area contributed by atoms with Gasteiger partial charge in [-0.25, -0.2) is 4.39 Å². The summed E-state index contributed by atoms with van der Waals surface area (Å²) in [5.74, 6) is -0.703. The third kappa shape index (κ3) is 5.77. The molecule has 0 radical (unpaired) electrons. The van der Waals surface area contributed by atoms with E-state index in [0.717, 1.165) is 25.5 Å². The van der Waals surface area contributed by atoms with Crippen molar-refractivity contribution in [3.05, 3.63) is 29.0 Å². The zero-order valence-corrected chi connectivity index (χ0v) is 14.7. The van der Waals surface area contributed by atoms with Crippen LogP contribution in [0.1, 0.15) is 19.8 Å². The van der Waals surface area contributed by atoms with Gasteiger partial charge in [-0.1, -0.05) is 11.6 Å². The Bertz CT molecular complexity index is 599. The molecule has 9 heteroatoms. The first-order valence-electron chi connectivity index (χ1n) is 7.52. The van der Waals surface area contributed by atoms with Crippen LogP contribution < -0.4 is 20.9 Å². The number of hydrogen-bond donors (Lipinski definition) is 3. The average Bonchev–Trinajstić information content (AvgIpc) is 3.06. The predicted molar refractivity (Wildman–Crippen MR) is 92.4 cm³/mol. The maximum Gasteiger partial charge on any atom is 0.279 e. The topological polar surface area (TPSA) is 71.6 Å². The Morgan fingerprint density at radius 2 is 2.33 bits per heavy atom. The third-order valence-electron chi connectivity index (χ3n) is 3.38. The smallest absolute Gasteiger partial charge is 0.279 e. The summed E-state index contributed by atoms with van der Waals surface area (Å²) in [6.45, 7) is 2.89. The fraction of sp³-hybridized carbons (Fsp3) is 0.467. The van der Waals surface area contributed by atoms with Gasteiger partial charge in [-0.2, -0.15) is 0 Å². The van der Waals surface area contributed by atoms with Crippen LogP contribution >= 0.6 is 23.8 Å². The second-order valence-electron chi connectivity index (χ2n) is 5.29. The van der Waals surface area contributed by atoms with Crippen molar-refractivity contribution in [3.8, 4) is 5.75 Å². The van der Waals surface area contributed by atoms with Crippen molar-refractivity contribution < 1.29 is 18.7 Å². The minimum atomic E-state index is -0.846. The molecule has 2 atom stereocenters. The summed E-state index contributed by atoms with van der Waals surface area (Å²) in [6.07, 6.45) is 1.33. The maximum atomic E-state index is 13.0. The van der Waals surface area contributed by atoms with Gasteiger partial charge in [0.05, 0.1) is 11.1 Å². The van der Waals surface area contributed by atoms with Crippen molar-refractivity contribution in [2.75, 3.05) is 13.2 Å². The van der Waals surface area contributed by atoms with E-state index in [1.165, 1.54) is 12.1 Å². The molecule has 1 aliphatic heterocycles. The molecule has 0 bridgehead atoms. The molecule has 0 unspecified atom stereocenters. The molecular formula is C15H19ClFN3O3S. The van der Waals surface area contributed by atoms with Crippen LogP contribution in [0.3, 0.4) is 0 Å². The number of hydrogen-bond acceptors (Lipinski definition) is 4. The summed E-state index contributed by atoms with van der Waals surface area (Å²) < 4.78 is 23.8. The molecule has 24 heavy (non-hydrogen) atoms. The Kier molecular flexibility index (Phi) is 7.01. The summed E-state index contributed by atoms with van der Waals surface area (Å²) >= 11 is 10.9. The number of amides is 1. The molecular weight excluding hydrogens is 357 g/mol. The first-order chi connectivity index (χ1) is 11.5. The molecule has 0 aliphatic carbocycles. The molecule has 2 rings (SSSR count). The lowest BCUT2D eigenvalue weighted by Gasteiger charge is -2.18. The van der Waals surface area contributed by atoms with E-state index in [1.807, 2.05) is 0 Å². The lowest BCUT2D eigenvalue weighted by Crippen LogP contribution is -2.51. The van der Waals surface area contributed by atoms with Gasteiger partial charge in [0, 0.05) is 13.2 Å². The highest BCUT2D eigenvalue weighted by molar-refractivity contribution is 7.80. The highest BCUT2D eigenvalue weighted by Gasteiger charge is 2.18. The van der Waals surface area contributed by atoms with Gasteiger partial charge in [0.25, 0.3) is 5.91 Å². The normalized spacial score (nSPS) is 17.9. The fourth-order valence-electron chi connectivity index (χ4n) is 2.09. The summed E-state index contributed by atoms with van der Waals surface area (Å²) in [6, 6.07) is 3.68. The molecule has 1 aromatic carbocycles. The minimum Gasteiger partial charge on any atom is -0.479 e. The molecule has 0 saturated carbocycles. The Balaban J connectivity index is 1.71. The molecule has 1 fully saturated rings. The molecule has 1 aromatic rings. The Morgan fingerprint density at radius 3 is 3.00 bits per heavy atom. The van der Waals surface area contributed by atoms with Gasteiger partial charge in [0.15, 0.2) is 11.2 Å². The fourth-order valence-corrected chi connectivity index (χ4v) is 2.44. The molecule has 0 spiro atoms. The molecule has 132 valence electrons. The molecule has 3 N–H and O–H groups in total. The summed E-state index contributed by atoms with van der Waals surface area (Å²) in [7, 11) is 0. The number of hydrazine groups is 1. The zero-order valence-electron chi connectivity index (χ0n) is 13.1.